The Bertz CT molecular complexity index is 1060. The number of para-hydroxylation sites is 2. The molecule has 8 heteroatoms. The van der Waals surface area contributed by atoms with Crippen molar-refractivity contribution in [3.05, 3.63) is 59.9 Å². The third-order valence-corrected chi connectivity index (χ3v) is 7.00. The van der Waals surface area contributed by atoms with Crippen LogP contribution < -0.4 is 15.0 Å². The Kier molecular flexibility index (Phi) is 10.5. The highest BCUT2D eigenvalue weighted by Crippen LogP contribution is 2.30. The van der Waals surface area contributed by atoms with E-state index in [1.807, 2.05) is 31.2 Å². The second kappa shape index (κ2) is 13.8. The van der Waals surface area contributed by atoms with Crippen molar-refractivity contribution in [1.29, 1.82) is 0 Å². The number of nitrogens with zero attached hydrogens (tertiary/aromatic N) is 1. The van der Waals surface area contributed by atoms with E-state index >= 15 is 0 Å². The van der Waals surface area contributed by atoms with Crippen molar-refractivity contribution in [3.8, 4) is 5.75 Å². The molecule has 0 spiro atoms. The molecule has 7 nitrogen and oxygen atoms in total. The summed E-state index contributed by atoms with van der Waals surface area (Å²) in [7, 11) is 1.57. The summed E-state index contributed by atoms with van der Waals surface area (Å²) in [6.07, 6.45) is 4.53. The van der Waals surface area contributed by atoms with Crippen molar-refractivity contribution in [2.24, 2.45) is 11.8 Å². The van der Waals surface area contributed by atoms with Crippen molar-refractivity contribution in [3.63, 3.8) is 0 Å². The van der Waals surface area contributed by atoms with Gasteiger partial charge in [0.25, 0.3) is 0 Å². The van der Waals surface area contributed by atoms with Crippen LogP contribution in [0, 0.1) is 17.7 Å². The van der Waals surface area contributed by atoms with Gasteiger partial charge in [-0.1, -0.05) is 37.6 Å². The first-order valence-electron chi connectivity index (χ1n) is 13.1. The topological polar surface area (TPSA) is 95.9 Å². The molecular weight excluding hydrogens is 475 g/mol. The highest BCUT2D eigenvalue weighted by molar-refractivity contribution is 6.00. The molecule has 0 radical (unpaired) electrons. The maximum atomic E-state index is 13.5. The molecule has 0 unspecified atom stereocenters. The molecule has 1 fully saturated rings. The zero-order chi connectivity index (χ0) is 26.8. The van der Waals surface area contributed by atoms with Gasteiger partial charge in [-0.25, -0.2) is 4.39 Å². The highest BCUT2D eigenvalue weighted by Gasteiger charge is 2.32. The molecule has 0 aromatic heterocycles. The monoisotopic (exact) mass is 512 g/mol. The molecule has 2 aromatic carbocycles. The van der Waals surface area contributed by atoms with E-state index in [2.05, 4.69) is 5.32 Å². The summed E-state index contributed by atoms with van der Waals surface area (Å²) < 4.78 is 18.7. The van der Waals surface area contributed by atoms with E-state index in [9.17, 15) is 23.9 Å². The Labute approximate surface area is 218 Å². The molecule has 1 aliphatic heterocycles. The number of nitrogens with one attached hydrogen (secondary N) is 1. The van der Waals surface area contributed by atoms with Gasteiger partial charge >= 0.3 is 5.97 Å². The fourth-order valence-electron chi connectivity index (χ4n) is 4.93. The lowest BCUT2D eigenvalue weighted by Crippen LogP contribution is -2.49. The van der Waals surface area contributed by atoms with Crippen molar-refractivity contribution >= 4 is 23.5 Å². The number of carbonyl (C=O) groups is 3. The predicted octanol–water partition coefficient (Wildman–Crippen LogP) is 4.98. The van der Waals surface area contributed by atoms with Gasteiger partial charge in [-0.3, -0.25) is 14.4 Å². The van der Waals surface area contributed by atoms with Crippen LogP contribution >= 0.6 is 0 Å². The molecule has 200 valence electrons. The first-order valence-corrected chi connectivity index (χ1v) is 13.1. The number of carbonyl (C=O) groups excluding carboxylic acids is 2. The van der Waals surface area contributed by atoms with E-state index in [1.165, 1.54) is 12.1 Å². The molecule has 3 rings (SSSR count). The molecule has 1 heterocycles. The number of rotatable bonds is 12. The second-order valence-electron chi connectivity index (χ2n) is 9.65. The smallest absolute Gasteiger partial charge is 0.306 e. The van der Waals surface area contributed by atoms with Crippen LogP contribution in [-0.4, -0.2) is 42.6 Å². The Hall–Kier alpha value is -3.42. The summed E-state index contributed by atoms with van der Waals surface area (Å²) in [5, 5.41) is 12.7. The Morgan fingerprint density at radius 1 is 1.08 bits per heavy atom. The molecule has 2 aromatic rings. The van der Waals surface area contributed by atoms with E-state index in [0.29, 0.717) is 43.7 Å². The molecule has 2 amide bonds. The quantitative estimate of drug-likeness (QED) is 0.418. The summed E-state index contributed by atoms with van der Waals surface area (Å²) in [5.41, 5.74) is 1.43. The molecule has 1 saturated heterocycles. The lowest BCUT2D eigenvalue weighted by molar-refractivity contribution is -0.142. The average Bonchev–Trinajstić information content (AvgIpc) is 3.07. The van der Waals surface area contributed by atoms with Crippen molar-refractivity contribution < 1.29 is 28.6 Å². The lowest BCUT2D eigenvalue weighted by Gasteiger charge is -2.27. The fraction of sp³-hybridized carbons (Fsp3) is 0.483. The number of methoxy groups -OCH3 is 1. The van der Waals surface area contributed by atoms with Crippen LogP contribution in [0.1, 0.15) is 57.4 Å². The summed E-state index contributed by atoms with van der Waals surface area (Å²) in [6.45, 7) is 2.53. The van der Waals surface area contributed by atoms with Crippen molar-refractivity contribution in [1.82, 2.24) is 5.32 Å². The van der Waals surface area contributed by atoms with Crippen LogP contribution in [0.2, 0.25) is 0 Å². The van der Waals surface area contributed by atoms with Crippen LogP contribution in [0.4, 0.5) is 10.1 Å². The van der Waals surface area contributed by atoms with E-state index < -0.39 is 23.8 Å². The largest absolute Gasteiger partial charge is 0.495 e. The maximum Gasteiger partial charge on any atom is 0.306 e. The first kappa shape index (κ1) is 28.2. The molecule has 2 N–H and O–H groups in total. The van der Waals surface area contributed by atoms with Gasteiger partial charge in [0, 0.05) is 12.5 Å². The zero-order valence-corrected chi connectivity index (χ0v) is 21.6. The fourth-order valence-corrected chi connectivity index (χ4v) is 4.93. The predicted molar refractivity (Wildman–Crippen MR) is 140 cm³/mol. The van der Waals surface area contributed by atoms with Crippen LogP contribution in [0.5, 0.6) is 5.75 Å². The number of benzene rings is 2. The number of anilines is 1. The van der Waals surface area contributed by atoms with Crippen molar-refractivity contribution in [2.45, 2.75) is 64.3 Å². The van der Waals surface area contributed by atoms with E-state index in [0.717, 1.165) is 24.8 Å². The minimum atomic E-state index is -0.939. The van der Waals surface area contributed by atoms with Gasteiger partial charge in [0.2, 0.25) is 11.8 Å². The number of hydrogen-bond donors (Lipinski definition) is 2. The molecule has 1 aliphatic rings. The van der Waals surface area contributed by atoms with Gasteiger partial charge in [-0.2, -0.15) is 0 Å². The first-order chi connectivity index (χ1) is 17.8. The standard InChI is InChI=1S/C29H37FN2O5/c1-3-8-21(14-15-22(29(35)36)19-20-12-16-23(30)17-13-20)27(33)31-24-9-6-7-18-32(28(24)34)25-10-4-5-11-26(25)37-2/h4-5,10-13,16-17,21-22,24H,3,6-9,14-15,18-19H2,1-2H3,(H,31,33)(H,35,36)/t21-,22+,24-/m0/s1. The van der Waals surface area contributed by atoms with Gasteiger partial charge in [0.05, 0.1) is 18.7 Å². The van der Waals surface area contributed by atoms with Gasteiger partial charge in [0.15, 0.2) is 0 Å². The number of carboxylic acids is 1. The number of ether oxygens (including phenoxy) is 1. The van der Waals surface area contributed by atoms with Gasteiger partial charge < -0.3 is 20.1 Å². The summed E-state index contributed by atoms with van der Waals surface area (Å²) in [6, 6.07) is 12.5. The minimum Gasteiger partial charge on any atom is -0.495 e. The lowest BCUT2D eigenvalue weighted by atomic mass is 9.88. The Balaban J connectivity index is 1.67. The van der Waals surface area contributed by atoms with E-state index in [-0.39, 0.29) is 24.1 Å². The van der Waals surface area contributed by atoms with E-state index in [1.54, 1.807) is 24.1 Å². The van der Waals surface area contributed by atoms with E-state index in [4.69, 9.17) is 4.74 Å². The molecule has 0 aliphatic carbocycles. The minimum absolute atomic E-state index is 0.162. The molecule has 0 saturated carbocycles. The van der Waals surface area contributed by atoms with Gasteiger partial charge in [-0.05, 0) is 74.8 Å². The van der Waals surface area contributed by atoms with Crippen molar-refractivity contribution in [2.75, 3.05) is 18.6 Å². The number of hydrogen-bond acceptors (Lipinski definition) is 4. The second-order valence-corrected chi connectivity index (χ2v) is 9.65. The van der Waals surface area contributed by atoms with Crippen LogP contribution in [0.15, 0.2) is 48.5 Å². The highest BCUT2D eigenvalue weighted by atomic mass is 19.1. The summed E-state index contributed by atoms with van der Waals surface area (Å²) >= 11 is 0. The Morgan fingerprint density at radius 2 is 1.78 bits per heavy atom. The third-order valence-electron chi connectivity index (χ3n) is 7.00. The average molecular weight is 513 g/mol. The van der Waals surface area contributed by atoms with Crippen LogP contribution in [0.3, 0.4) is 0 Å². The summed E-state index contributed by atoms with van der Waals surface area (Å²) in [4.78, 5) is 40.4. The number of carboxylic acid groups (broad SMARTS) is 1. The molecular formula is C29H37FN2O5. The van der Waals surface area contributed by atoms with Crippen LogP contribution in [-0.2, 0) is 20.8 Å². The SMILES string of the molecule is CCC[C@@H](CC[C@H](Cc1ccc(F)cc1)C(=O)O)C(=O)N[C@H]1CCCCN(c2ccccc2OC)C1=O. The maximum absolute atomic E-state index is 13.5. The number of aliphatic carboxylic acids is 1. The zero-order valence-electron chi connectivity index (χ0n) is 21.6. The third kappa shape index (κ3) is 7.78. The molecule has 0 bridgehead atoms. The number of amides is 2. The van der Waals surface area contributed by atoms with Gasteiger partial charge in [0.1, 0.15) is 17.6 Å². The van der Waals surface area contributed by atoms with Crippen LogP contribution in [0.25, 0.3) is 0 Å². The molecule has 3 atom stereocenters. The molecule has 37 heavy (non-hydrogen) atoms. The summed E-state index contributed by atoms with van der Waals surface area (Å²) in [5.74, 6) is -2.15. The van der Waals surface area contributed by atoms with Gasteiger partial charge in [-0.15, -0.1) is 0 Å². The normalized spacial score (nSPS) is 17.5. The Morgan fingerprint density at radius 3 is 2.46 bits per heavy atom. The number of halogens is 1.